The Hall–Kier alpha value is 0.500. The van der Waals surface area contributed by atoms with Crippen LogP contribution in [0.5, 0.6) is 0 Å². The van der Waals surface area contributed by atoms with Crippen molar-refractivity contribution in [3.8, 4) is 0 Å². The highest BCUT2D eigenvalue weighted by atomic mass is 35.5. The molecule has 0 aliphatic heterocycles. The van der Waals surface area contributed by atoms with Crippen molar-refractivity contribution in [3.05, 3.63) is 0 Å². The van der Waals surface area contributed by atoms with Gasteiger partial charge in [0.1, 0.15) is 0 Å². The van der Waals surface area contributed by atoms with E-state index in [2.05, 4.69) is 51.8 Å². The quantitative estimate of drug-likeness (QED) is 0.700. The second-order valence-electron chi connectivity index (χ2n) is 2.79. The van der Waals surface area contributed by atoms with Gasteiger partial charge in [-0.1, -0.05) is 13.8 Å². The molecular weight excluding hydrogens is 195 g/mol. The summed E-state index contributed by atoms with van der Waals surface area (Å²) < 4.78 is 0. The molecule has 0 saturated heterocycles. The molecule has 0 unspecified atom stereocenters. The van der Waals surface area contributed by atoms with E-state index >= 15 is 0 Å². The van der Waals surface area contributed by atoms with Gasteiger partial charge in [-0.25, -0.2) is 0 Å². The highest BCUT2D eigenvalue weighted by Gasteiger charge is 1.72. The average molecular weight is 219 g/mol. The molecule has 0 heterocycles. The molecule has 0 saturated carbocycles. The van der Waals surface area contributed by atoms with Crippen molar-refractivity contribution in [2.45, 2.75) is 13.8 Å². The van der Waals surface area contributed by atoms with Gasteiger partial charge in [0, 0.05) is 0 Å². The van der Waals surface area contributed by atoms with E-state index in [0.29, 0.717) is 0 Å². The van der Waals surface area contributed by atoms with E-state index in [1.165, 1.54) is 0 Å². The van der Waals surface area contributed by atoms with Gasteiger partial charge in [-0.05, 0) is 41.3 Å². The standard InChI is InChI=1S/2C4H11N.2ClH/c2*1-4-5(2)3;;/h2*4H2,1-3H3;2*1H. The average Bonchev–Trinajstić information content (AvgIpc) is 1.89. The van der Waals surface area contributed by atoms with E-state index in [4.69, 9.17) is 0 Å². The van der Waals surface area contributed by atoms with Gasteiger partial charge in [0.25, 0.3) is 0 Å². The zero-order chi connectivity index (χ0) is 8.57. The zero-order valence-electron chi connectivity index (χ0n) is 9.13. The van der Waals surface area contributed by atoms with Crippen molar-refractivity contribution in [1.29, 1.82) is 0 Å². The van der Waals surface area contributed by atoms with E-state index < -0.39 is 0 Å². The minimum absolute atomic E-state index is 0. The lowest BCUT2D eigenvalue weighted by atomic mass is 10.7. The van der Waals surface area contributed by atoms with Crippen LogP contribution >= 0.6 is 24.8 Å². The summed E-state index contributed by atoms with van der Waals surface area (Å²) in [4.78, 5) is 4.25. The molecule has 0 N–H and O–H groups in total. The molecule has 0 aromatic heterocycles. The first-order valence-corrected chi connectivity index (χ1v) is 3.84. The third-order valence-corrected chi connectivity index (χ3v) is 1.26. The van der Waals surface area contributed by atoms with Crippen LogP contribution in [0.15, 0.2) is 0 Å². The molecule has 2 nitrogen and oxygen atoms in total. The topological polar surface area (TPSA) is 6.48 Å². The number of nitrogens with zero attached hydrogens (tertiary/aromatic N) is 2. The van der Waals surface area contributed by atoms with Crippen LogP contribution in [0, 0.1) is 0 Å². The maximum Gasteiger partial charge on any atom is -0.00533 e. The fourth-order valence-electron chi connectivity index (χ4n) is 0. The van der Waals surface area contributed by atoms with E-state index in [0.717, 1.165) is 13.1 Å². The SMILES string of the molecule is CCN(C)C.CCN(C)C.Cl.Cl. The molecule has 0 rings (SSSR count). The molecule has 0 radical (unpaired) electrons. The van der Waals surface area contributed by atoms with Gasteiger partial charge in [0.05, 0.1) is 0 Å². The molecule has 0 atom stereocenters. The highest BCUT2D eigenvalue weighted by Crippen LogP contribution is 1.64. The maximum atomic E-state index is 2.12. The summed E-state index contributed by atoms with van der Waals surface area (Å²) in [6.45, 7) is 6.53. The molecule has 0 aromatic rings. The van der Waals surface area contributed by atoms with E-state index in [1.54, 1.807) is 0 Å². The number of halogens is 2. The van der Waals surface area contributed by atoms with Crippen LogP contribution in [-0.4, -0.2) is 51.1 Å². The Balaban J connectivity index is -0.0000000457. The second kappa shape index (κ2) is 17.5. The van der Waals surface area contributed by atoms with E-state index in [9.17, 15) is 0 Å². The molecule has 0 aliphatic rings. The molecule has 0 bridgehead atoms. The molecule has 0 amide bonds. The molecular formula is C8H24Cl2N2. The van der Waals surface area contributed by atoms with Crippen LogP contribution in [0.3, 0.4) is 0 Å². The smallest absolute Gasteiger partial charge is 0.00533 e. The maximum absolute atomic E-state index is 2.12. The molecule has 80 valence electrons. The van der Waals surface area contributed by atoms with Crippen LogP contribution in [0.25, 0.3) is 0 Å². The third kappa shape index (κ3) is 46.8. The van der Waals surface area contributed by atoms with Crippen LogP contribution in [0.2, 0.25) is 0 Å². The lowest BCUT2D eigenvalue weighted by Crippen LogP contribution is -2.08. The molecule has 12 heavy (non-hydrogen) atoms. The molecule has 0 aliphatic carbocycles. The van der Waals surface area contributed by atoms with Crippen molar-refractivity contribution < 1.29 is 0 Å². The Kier molecular flexibility index (Phi) is 33.5. The molecule has 0 spiro atoms. The lowest BCUT2D eigenvalue weighted by molar-refractivity contribution is 0.434. The summed E-state index contributed by atoms with van der Waals surface area (Å²) >= 11 is 0. The zero-order valence-corrected chi connectivity index (χ0v) is 10.8. The normalized spacial score (nSPS) is 8.00. The number of hydrogen-bond donors (Lipinski definition) is 0. The van der Waals surface area contributed by atoms with Crippen LogP contribution in [-0.2, 0) is 0 Å². The second-order valence-corrected chi connectivity index (χ2v) is 2.79. The summed E-state index contributed by atoms with van der Waals surface area (Å²) in [7, 11) is 8.22. The van der Waals surface area contributed by atoms with E-state index in [1.807, 2.05) is 0 Å². The largest absolute Gasteiger partial charge is 0.310 e. The first-order valence-electron chi connectivity index (χ1n) is 3.84. The summed E-state index contributed by atoms with van der Waals surface area (Å²) in [6, 6.07) is 0. The van der Waals surface area contributed by atoms with Crippen LogP contribution in [0.4, 0.5) is 0 Å². The predicted molar refractivity (Wildman–Crippen MR) is 63.0 cm³/mol. The van der Waals surface area contributed by atoms with Crippen LogP contribution < -0.4 is 0 Å². The minimum Gasteiger partial charge on any atom is -0.310 e. The Bertz CT molecular complexity index is 51.0. The van der Waals surface area contributed by atoms with Gasteiger partial charge in [0.15, 0.2) is 0 Å². The van der Waals surface area contributed by atoms with Gasteiger partial charge in [-0.15, -0.1) is 24.8 Å². The first kappa shape index (κ1) is 22.9. The summed E-state index contributed by atoms with van der Waals surface area (Å²) in [6.07, 6.45) is 0. The Labute approximate surface area is 90.1 Å². The lowest BCUT2D eigenvalue weighted by Gasteiger charge is -2.00. The van der Waals surface area contributed by atoms with Crippen LogP contribution in [0.1, 0.15) is 13.8 Å². The van der Waals surface area contributed by atoms with Crippen molar-refractivity contribution in [2.24, 2.45) is 0 Å². The summed E-state index contributed by atoms with van der Waals surface area (Å²) in [5.41, 5.74) is 0. The van der Waals surface area contributed by atoms with Gasteiger partial charge < -0.3 is 9.80 Å². The Morgan fingerprint density at radius 3 is 0.750 bits per heavy atom. The fraction of sp³-hybridized carbons (Fsp3) is 1.00. The van der Waals surface area contributed by atoms with Gasteiger partial charge in [-0.3, -0.25) is 0 Å². The third-order valence-electron chi connectivity index (χ3n) is 1.26. The molecule has 4 heteroatoms. The van der Waals surface area contributed by atoms with Gasteiger partial charge >= 0.3 is 0 Å². The fourth-order valence-corrected chi connectivity index (χ4v) is 0. The Morgan fingerprint density at radius 1 is 0.667 bits per heavy atom. The van der Waals surface area contributed by atoms with Crippen molar-refractivity contribution in [1.82, 2.24) is 9.80 Å². The Morgan fingerprint density at radius 2 is 0.750 bits per heavy atom. The summed E-state index contributed by atoms with van der Waals surface area (Å²) in [5, 5.41) is 0. The first-order chi connectivity index (χ1) is 4.54. The van der Waals surface area contributed by atoms with Crippen molar-refractivity contribution >= 4 is 24.8 Å². The minimum atomic E-state index is 0. The van der Waals surface area contributed by atoms with Gasteiger partial charge in [0.2, 0.25) is 0 Å². The van der Waals surface area contributed by atoms with Gasteiger partial charge in [-0.2, -0.15) is 0 Å². The van der Waals surface area contributed by atoms with Crippen molar-refractivity contribution in [3.63, 3.8) is 0 Å². The highest BCUT2D eigenvalue weighted by molar-refractivity contribution is 5.85. The summed E-state index contributed by atoms with van der Waals surface area (Å²) in [5.74, 6) is 0. The van der Waals surface area contributed by atoms with E-state index in [-0.39, 0.29) is 24.8 Å². The molecule has 0 aromatic carbocycles. The number of rotatable bonds is 2. The monoisotopic (exact) mass is 218 g/mol. The number of hydrogen-bond acceptors (Lipinski definition) is 2. The van der Waals surface area contributed by atoms with Crippen molar-refractivity contribution in [2.75, 3.05) is 41.3 Å². The molecule has 0 fully saturated rings. The predicted octanol–water partition coefficient (Wildman–Crippen LogP) is 1.98.